The van der Waals surface area contributed by atoms with Crippen molar-refractivity contribution >= 4 is 0 Å². The summed E-state index contributed by atoms with van der Waals surface area (Å²) in [6.07, 6.45) is 1.32. The third kappa shape index (κ3) is 3.62. The molecule has 1 aliphatic rings. The van der Waals surface area contributed by atoms with Crippen LogP contribution in [0.15, 0.2) is 24.3 Å². The smallest absolute Gasteiger partial charge is 0.139 e. The van der Waals surface area contributed by atoms with Crippen molar-refractivity contribution in [2.45, 2.75) is 25.5 Å². The van der Waals surface area contributed by atoms with E-state index in [-0.39, 0.29) is 29.7 Å². The minimum atomic E-state index is -0.734. The molecule has 0 saturated carbocycles. The van der Waals surface area contributed by atoms with Gasteiger partial charge in [-0.3, -0.25) is 0 Å². The first-order chi connectivity index (χ1) is 11.2. The maximum absolute atomic E-state index is 14.3. The molecule has 1 saturated heterocycles. The number of nitrogens with zero attached hydrogens (tertiary/aromatic N) is 2. The van der Waals surface area contributed by atoms with Crippen molar-refractivity contribution in [2.75, 3.05) is 13.2 Å². The molecule has 0 unspecified atom stereocenters. The Labute approximate surface area is 132 Å². The highest BCUT2D eigenvalue weighted by atomic mass is 19.1. The van der Waals surface area contributed by atoms with Gasteiger partial charge in [-0.15, -0.1) is 5.10 Å². The first-order valence-electron chi connectivity index (χ1n) is 7.44. The molecule has 1 aliphatic heterocycles. The zero-order chi connectivity index (χ0) is 16.2. The van der Waals surface area contributed by atoms with Crippen molar-refractivity contribution in [3.63, 3.8) is 0 Å². The minimum absolute atomic E-state index is 0.0861. The summed E-state index contributed by atoms with van der Waals surface area (Å²) < 4.78 is 39.5. The van der Waals surface area contributed by atoms with E-state index in [0.717, 1.165) is 0 Å². The molecule has 5 nitrogen and oxygen atoms in total. The zero-order valence-electron chi connectivity index (χ0n) is 12.5. The Hall–Kier alpha value is -2.12. The summed E-state index contributed by atoms with van der Waals surface area (Å²) in [6.45, 7) is 1.41. The van der Waals surface area contributed by atoms with Crippen molar-refractivity contribution < 1.29 is 18.3 Å². The largest absolute Gasteiger partial charge is 0.490 e. The molecule has 0 atom stereocenters. The number of ether oxygens (including phenoxy) is 2. The summed E-state index contributed by atoms with van der Waals surface area (Å²) in [5.74, 6) is -1.30. The molecule has 0 spiro atoms. The standard InChI is InChI=1S/C16H17F2N3O2/c17-13-7-12(23-11-3-5-22-6-4-11)8-14(18)16(13)15-2-1-10(9-19)20-21-15/h1-2,7-8,11H,3-6,9,19H2. The van der Waals surface area contributed by atoms with Crippen LogP contribution in [-0.4, -0.2) is 29.5 Å². The predicted octanol–water partition coefficient (Wildman–Crippen LogP) is 2.44. The Balaban J connectivity index is 1.84. The molecule has 0 aliphatic carbocycles. The number of benzene rings is 1. The van der Waals surface area contributed by atoms with Crippen LogP contribution >= 0.6 is 0 Å². The second kappa shape index (κ2) is 6.97. The first-order valence-corrected chi connectivity index (χ1v) is 7.44. The predicted molar refractivity (Wildman–Crippen MR) is 79.7 cm³/mol. The Morgan fingerprint density at radius 2 is 1.83 bits per heavy atom. The summed E-state index contributed by atoms with van der Waals surface area (Å²) >= 11 is 0. The molecule has 2 heterocycles. The van der Waals surface area contributed by atoms with E-state index in [0.29, 0.717) is 31.7 Å². The fourth-order valence-electron chi connectivity index (χ4n) is 2.45. The highest BCUT2D eigenvalue weighted by Crippen LogP contribution is 2.29. The normalized spacial score (nSPS) is 15.6. The molecule has 3 rings (SSSR count). The molecule has 122 valence electrons. The second-order valence-corrected chi connectivity index (χ2v) is 5.31. The Morgan fingerprint density at radius 3 is 2.39 bits per heavy atom. The molecular weight excluding hydrogens is 304 g/mol. The highest BCUT2D eigenvalue weighted by molar-refractivity contribution is 5.61. The van der Waals surface area contributed by atoms with Crippen molar-refractivity contribution in [2.24, 2.45) is 5.73 Å². The van der Waals surface area contributed by atoms with E-state index in [1.54, 1.807) is 6.07 Å². The maximum atomic E-state index is 14.3. The monoisotopic (exact) mass is 321 g/mol. The van der Waals surface area contributed by atoms with Gasteiger partial charge in [0.25, 0.3) is 0 Å². The van der Waals surface area contributed by atoms with Gasteiger partial charge in [0, 0.05) is 31.5 Å². The average molecular weight is 321 g/mol. The number of rotatable bonds is 4. The van der Waals surface area contributed by atoms with Crippen molar-refractivity contribution in [1.82, 2.24) is 10.2 Å². The topological polar surface area (TPSA) is 70.3 Å². The summed E-state index contributed by atoms with van der Waals surface area (Å²) in [7, 11) is 0. The van der Waals surface area contributed by atoms with E-state index >= 15 is 0 Å². The van der Waals surface area contributed by atoms with E-state index in [4.69, 9.17) is 15.2 Å². The first kappa shape index (κ1) is 15.8. The van der Waals surface area contributed by atoms with Crippen molar-refractivity contribution in [3.05, 3.63) is 41.6 Å². The minimum Gasteiger partial charge on any atom is -0.490 e. The summed E-state index contributed by atoms with van der Waals surface area (Å²) in [6, 6.07) is 5.43. The summed E-state index contributed by atoms with van der Waals surface area (Å²) in [5, 5.41) is 7.64. The molecule has 23 heavy (non-hydrogen) atoms. The lowest BCUT2D eigenvalue weighted by Gasteiger charge is -2.23. The average Bonchev–Trinajstić information content (AvgIpc) is 2.56. The van der Waals surface area contributed by atoms with Gasteiger partial charge in [-0.2, -0.15) is 5.10 Å². The van der Waals surface area contributed by atoms with Gasteiger partial charge in [0.2, 0.25) is 0 Å². The van der Waals surface area contributed by atoms with E-state index in [1.807, 2.05) is 0 Å². The zero-order valence-corrected chi connectivity index (χ0v) is 12.5. The van der Waals surface area contributed by atoms with Crippen LogP contribution in [0.3, 0.4) is 0 Å². The van der Waals surface area contributed by atoms with Crippen LogP contribution in [0.2, 0.25) is 0 Å². The van der Waals surface area contributed by atoms with Gasteiger partial charge in [0.05, 0.1) is 30.2 Å². The maximum Gasteiger partial charge on any atom is 0.139 e. The lowest BCUT2D eigenvalue weighted by atomic mass is 10.1. The van der Waals surface area contributed by atoms with Crippen LogP contribution in [0.1, 0.15) is 18.5 Å². The van der Waals surface area contributed by atoms with Gasteiger partial charge < -0.3 is 15.2 Å². The second-order valence-electron chi connectivity index (χ2n) is 5.31. The SMILES string of the molecule is NCc1ccc(-c2c(F)cc(OC3CCOCC3)cc2F)nn1. The fourth-order valence-corrected chi connectivity index (χ4v) is 2.45. The van der Waals surface area contributed by atoms with Crippen LogP contribution < -0.4 is 10.5 Å². The number of hydrogen-bond donors (Lipinski definition) is 1. The van der Waals surface area contributed by atoms with Gasteiger partial charge in [-0.1, -0.05) is 0 Å². The van der Waals surface area contributed by atoms with Crippen LogP contribution in [0.5, 0.6) is 5.75 Å². The van der Waals surface area contributed by atoms with E-state index in [9.17, 15) is 8.78 Å². The van der Waals surface area contributed by atoms with Gasteiger partial charge in [0.1, 0.15) is 23.5 Å². The summed E-state index contributed by atoms with van der Waals surface area (Å²) in [4.78, 5) is 0. The molecule has 0 amide bonds. The summed E-state index contributed by atoms with van der Waals surface area (Å²) in [5.41, 5.74) is 5.88. The van der Waals surface area contributed by atoms with Crippen molar-refractivity contribution in [3.8, 4) is 17.0 Å². The van der Waals surface area contributed by atoms with E-state index < -0.39 is 11.6 Å². The number of nitrogens with two attached hydrogens (primary N) is 1. The molecule has 0 bridgehead atoms. The Kier molecular flexibility index (Phi) is 4.78. The van der Waals surface area contributed by atoms with Crippen LogP contribution in [0.25, 0.3) is 11.3 Å². The van der Waals surface area contributed by atoms with Crippen molar-refractivity contribution in [1.29, 1.82) is 0 Å². The van der Waals surface area contributed by atoms with Crippen LogP contribution in [0.4, 0.5) is 8.78 Å². The lowest BCUT2D eigenvalue weighted by Crippen LogP contribution is -2.26. The molecule has 0 radical (unpaired) electrons. The van der Waals surface area contributed by atoms with E-state index in [2.05, 4.69) is 10.2 Å². The molecule has 7 heteroatoms. The molecule has 1 aromatic carbocycles. The number of aromatic nitrogens is 2. The number of hydrogen-bond acceptors (Lipinski definition) is 5. The third-order valence-electron chi connectivity index (χ3n) is 3.67. The Morgan fingerprint density at radius 1 is 1.13 bits per heavy atom. The molecule has 2 N–H and O–H groups in total. The van der Waals surface area contributed by atoms with Gasteiger partial charge in [-0.05, 0) is 12.1 Å². The fraction of sp³-hybridized carbons (Fsp3) is 0.375. The highest BCUT2D eigenvalue weighted by Gasteiger charge is 2.19. The van der Waals surface area contributed by atoms with Crippen LogP contribution in [0, 0.1) is 11.6 Å². The molecular formula is C16H17F2N3O2. The molecule has 1 fully saturated rings. The molecule has 2 aromatic rings. The van der Waals surface area contributed by atoms with Gasteiger partial charge in [0.15, 0.2) is 0 Å². The lowest BCUT2D eigenvalue weighted by molar-refractivity contribution is 0.0253. The molecule has 1 aromatic heterocycles. The van der Waals surface area contributed by atoms with E-state index in [1.165, 1.54) is 18.2 Å². The van der Waals surface area contributed by atoms with Gasteiger partial charge in [-0.25, -0.2) is 8.78 Å². The van der Waals surface area contributed by atoms with Gasteiger partial charge >= 0.3 is 0 Å². The number of halogens is 2. The quantitative estimate of drug-likeness (QED) is 0.936. The third-order valence-corrected chi connectivity index (χ3v) is 3.67. The Bertz CT molecular complexity index is 651. The van der Waals surface area contributed by atoms with Crippen LogP contribution in [-0.2, 0) is 11.3 Å².